The molecule has 0 unspecified atom stereocenters. The van der Waals surface area contributed by atoms with Gasteiger partial charge >= 0.3 is 5.97 Å². The average Bonchev–Trinajstić information content (AvgIpc) is 3.04. The van der Waals surface area contributed by atoms with Gasteiger partial charge in [-0.25, -0.2) is 4.79 Å². The second-order valence-corrected chi connectivity index (χ2v) is 14.4. The summed E-state index contributed by atoms with van der Waals surface area (Å²) < 4.78 is 0. The van der Waals surface area contributed by atoms with Crippen LogP contribution in [-0.2, 0) is 4.79 Å². The quantitative estimate of drug-likeness (QED) is 0.208. The van der Waals surface area contributed by atoms with Gasteiger partial charge in [-0.3, -0.25) is 0 Å². The SMILES string of the molecule is C=C(C)C(=O)O.OCCC1CCCCCCCCC1.OCCC1CCCCCCCCC1.OCCC1CCCCCCCCC1. The molecule has 0 spiro atoms. The number of aliphatic hydroxyl groups excluding tert-OH is 3. The lowest BCUT2D eigenvalue weighted by atomic mass is 9.90. The van der Waals surface area contributed by atoms with Crippen LogP contribution in [0.15, 0.2) is 12.2 Å². The maximum atomic E-state index is 9.60. The van der Waals surface area contributed by atoms with Crippen molar-refractivity contribution in [2.24, 2.45) is 17.8 Å². The van der Waals surface area contributed by atoms with Crippen LogP contribution in [0.1, 0.15) is 200 Å². The third kappa shape index (κ3) is 31.5. The summed E-state index contributed by atoms with van der Waals surface area (Å²) in [5, 5.41) is 34.6. The van der Waals surface area contributed by atoms with Gasteiger partial charge in [0.15, 0.2) is 0 Å². The second-order valence-electron chi connectivity index (χ2n) is 14.4. The molecule has 3 rings (SSSR count). The third-order valence-electron chi connectivity index (χ3n) is 10.2. The molecule has 0 heterocycles. The van der Waals surface area contributed by atoms with Gasteiger partial charge in [0.2, 0.25) is 0 Å². The predicted molar refractivity (Wildman–Crippen MR) is 193 cm³/mol. The average molecular weight is 639 g/mol. The molecule has 0 atom stereocenters. The molecule has 0 saturated heterocycles. The lowest BCUT2D eigenvalue weighted by Gasteiger charge is -2.17. The number of rotatable bonds is 7. The number of aliphatic carboxylic acids is 1. The van der Waals surface area contributed by atoms with Crippen LogP contribution in [0.3, 0.4) is 0 Å². The van der Waals surface area contributed by atoms with E-state index < -0.39 is 5.97 Å². The maximum absolute atomic E-state index is 9.60. The van der Waals surface area contributed by atoms with E-state index in [1.54, 1.807) is 0 Å². The Labute approximate surface area is 280 Å². The molecule has 3 fully saturated rings. The Bertz CT molecular complexity index is 528. The number of aliphatic hydroxyl groups is 3. The van der Waals surface area contributed by atoms with Crippen LogP contribution in [-0.4, -0.2) is 46.2 Å². The number of carbonyl (C=O) groups is 1. The van der Waals surface area contributed by atoms with Crippen molar-refractivity contribution >= 4 is 5.97 Å². The highest BCUT2D eigenvalue weighted by Gasteiger charge is 2.11. The fourth-order valence-electron chi connectivity index (χ4n) is 7.10. The fourth-order valence-corrected chi connectivity index (χ4v) is 7.10. The summed E-state index contributed by atoms with van der Waals surface area (Å²) in [5.41, 5.74) is 0.176. The molecule has 0 amide bonds. The van der Waals surface area contributed by atoms with Crippen molar-refractivity contribution in [2.45, 2.75) is 200 Å². The molecule has 5 nitrogen and oxygen atoms in total. The van der Waals surface area contributed by atoms with Gasteiger partial charge in [0, 0.05) is 25.4 Å². The summed E-state index contributed by atoms with van der Waals surface area (Å²) in [6, 6.07) is 0. The molecule has 268 valence electrons. The van der Waals surface area contributed by atoms with Crippen LogP contribution >= 0.6 is 0 Å². The van der Waals surface area contributed by atoms with Crippen molar-refractivity contribution in [3.05, 3.63) is 12.2 Å². The first-order valence-electron chi connectivity index (χ1n) is 19.7. The van der Waals surface area contributed by atoms with Gasteiger partial charge in [0.1, 0.15) is 0 Å². The van der Waals surface area contributed by atoms with E-state index in [2.05, 4.69) is 6.58 Å². The Balaban J connectivity index is 0.000000593. The topological polar surface area (TPSA) is 98.0 Å². The van der Waals surface area contributed by atoms with E-state index in [4.69, 9.17) is 20.4 Å². The van der Waals surface area contributed by atoms with E-state index in [1.807, 2.05) is 0 Å². The van der Waals surface area contributed by atoms with E-state index in [1.165, 1.54) is 180 Å². The zero-order valence-corrected chi connectivity index (χ0v) is 30.0. The second kappa shape index (κ2) is 34.4. The molecule has 0 bridgehead atoms. The molecule has 0 aliphatic heterocycles. The van der Waals surface area contributed by atoms with Gasteiger partial charge in [-0.2, -0.15) is 0 Å². The molecule has 3 saturated carbocycles. The molecule has 3 aliphatic carbocycles. The minimum Gasteiger partial charge on any atom is -0.478 e. The summed E-state index contributed by atoms with van der Waals surface area (Å²) in [4.78, 5) is 9.60. The zero-order chi connectivity index (χ0) is 33.2. The summed E-state index contributed by atoms with van der Waals surface area (Å²) >= 11 is 0. The Morgan fingerprint density at radius 2 is 0.600 bits per heavy atom. The fraction of sp³-hybridized carbons (Fsp3) is 0.925. The van der Waals surface area contributed by atoms with Crippen molar-refractivity contribution in [1.82, 2.24) is 0 Å². The lowest BCUT2D eigenvalue weighted by molar-refractivity contribution is -0.132. The van der Waals surface area contributed by atoms with Crippen LogP contribution in [0, 0.1) is 17.8 Å². The first kappa shape index (κ1) is 44.1. The standard InChI is InChI=1S/3C12H24O.C4H6O2/c3*13-11-10-12-8-6-4-2-1-3-5-7-9-12;1-3(2)4(5)6/h3*12-13H,1-11H2;1H2,2H3,(H,5,6). The molecule has 4 N–H and O–H groups in total. The number of hydrogen-bond acceptors (Lipinski definition) is 4. The molecule has 0 radical (unpaired) electrons. The Morgan fingerprint density at radius 3 is 0.733 bits per heavy atom. The van der Waals surface area contributed by atoms with E-state index in [0.717, 1.165) is 37.0 Å². The summed E-state index contributed by atoms with van der Waals surface area (Å²) in [6.07, 6.45) is 41.1. The highest BCUT2D eigenvalue weighted by atomic mass is 16.4. The first-order valence-corrected chi connectivity index (χ1v) is 19.7. The van der Waals surface area contributed by atoms with Gasteiger partial charge in [-0.05, 0) is 43.9 Å². The van der Waals surface area contributed by atoms with Crippen molar-refractivity contribution in [3.63, 3.8) is 0 Å². The summed E-state index contributed by atoms with van der Waals surface area (Å²) in [5.74, 6) is 1.53. The highest BCUT2D eigenvalue weighted by molar-refractivity contribution is 5.84. The first-order chi connectivity index (χ1) is 21.9. The Hall–Kier alpha value is -0.910. The maximum Gasteiger partial charge on any atom is 0.330 e. The predicted octanol–water partition coefficient (Wildman–Crippen LogP) is 11.2. The van der Waals surface area contributed by atoms with Crippen LogP contribution in [0.2, 0.25) is 0 Å². The van der Waals surface area contributed by atoms with Gasteiger partial charge in [-0.1, -0.05) is 180 Å². The number of carboxylic acid groups (broad SMARTS) is 1. The van der Waals surface area contributed by atoms with E-state index >= 15 is 0 Å². The highest BCUT2D eigenvalue weighted by Crippen LogP contribution is 2.25. The minimum atomic E-state index is -0.935. The minimum absolute atomic E-state index is 0.176. The van der Waals surface area contributed by atoms with Crippen molar-refractivity contribution < 1.29 is 25.2 Å². The van der Waals surface area contributed by atoms with Gasteiger partial charge in [0.25, 0.3) is 0 Å². The zero-order valence-electron chi connectivity index (χ0n) is 30.0. The van der Waals surface area contributed by atoms with Gasteiger partial charge in [-0.15, -0.1) is 0 Å². The van der Waals surface area contributed by atoms with E-state index in [-0.39, 0.29) is 5.57 Å². The molecular formula is C40H78O5. The molecule has 0 aromatic carbocycles. The summed E-state index contributed by atoms with van der Waals surface area (Å²) in [7, 11) is 0. The van der Waals surface area contributed by atoms with E-state index in [9.17, 15) is 4.79 Å². The van der Waals surface area contributed by atoms with Crippen molar-refractivity contribution in [3.8, 4) is 0 Å². The van der Waals surface area contributed by atoms with Gasteiger partial charge < -0.3 is 20.4 Å². The van der Waals surface area contributed by atoms with E-state index in [0.29, 0.717) is 19.8 Å². The van der Waals surface area contributed by atoms with Gasteiger partial charge in [0.05, 0.1) is 0 Å². The van der Waals surface area contributed by atoms with Crippen LogP contribution in [0.5, 0.6) is 0 Å². The van der Waals surface area contributed by atoms with Crippen LogP contribution in [0.25, 0.3) is 0 Å². The Kier molecular flexibility index (Phi) is 33.7. The molecule has 45 heavy (non-hydrogen) atoms. The normalized spacial score (nSPS) is 20.8. The largest absolute Gasteiger partial charge is 0.478 e. The number of carboxylic acids is 1. The van der Waals surface area contributed by atoms with Crippen molar-refractivity contribution in [1.29, 1.82) is 0 Å². The van der Waals surface area contributed by atoms with Crippen LogP contribution < -0.4 is 0 Å². The summed E-state index contributed by atoms with van der Waals surface area (Å²) in [6.45, 7) is 5.78. The molecular weight excluding hydrogens is 560 g/mol. The Morgan fingerprint density at radius 1 is 0.444 bits per heavy atom. The molecule has 0 aromatic heterocycles. The number of hydrogen-bond donors (Lipinski definition) is 4. The molecule has 5 heteroatoms. The monoisotopic (exact) mass is 639 g/mol. The molecule has 0 aromatic rings. The smallest absolute Gasteiger partial charge is 0.330 e. The lowest BCUT2D eigenvalue weighted by Crippen LogP contribution is -2.04. The molecule has 3 aliphatic rings. The van der Waals surface area contributed by atoms with Crippen molar-refractivity contribution in [2.75, 3.05) is 19.8 Å². The van der Waals surface area contributed by atoms with Crippen LogP contribution in [0.4, 0.5) is 0 Å². The third-order valence-corrected chi connectivity index (χ3v) is 10.2.